The quantitative estimate of drug-likeness (QED) is 0.723. The fraction of sp³-hybridized carbons (Fsp3) is 0.500. The molecule has 8 nitrogen and oxygen atoms in total. The van der Waals surface area contributed by atoms with Gasteiger partial charge in [0.1, 0.15) is 5.82 Å². The Hall–Kier alpha value is -2.90. The Labute approximate surface area is 164 Å². The second kappa shape index (κ2) is 7.26. The zero-order valence-corrected chi connectivity index (χ0v) is 16.6. The monoisotopic (exact) mass is 381 g/mol. The number of carbonyl (C=O) groups excluding carboxylic acids is 1. The average molecular weight is 381 g/mol. The van der Waals surface area contributed by atoms with Gasteiger partial charge in [0.2, 0.25) is 5.91 Å². The van der Waals surface area contributed by atoms with Gasteiger partial charge in [-0.3, -0.25) is 9.48 Å². The number of nitrogens with one attached hydrogen (secondary N) is 1. The fourth-order valence-electron chi connectivity index (χ4n) is 4.03. The summed E-state index contributed by atoms with van der Waals surface area (Å²) in [5.74, 6) is 1.16. The van der Waals surface area contributed by atoms with Crippen LogP contribution < -0.4 is 11.1 Å². The Morgan fingerprint density at radius 3 is 2.61 bits per heavy atom. The van der Waals surface area contributed by atoms with Gasteiger partial charge in [-0.25, -0.2) is 4.98 Å². The molecule has 0 atom stereocenters. The number of amides is 1. The van der Waals surface area contributed by atoms with Gasteiger partial charge < -0.3 is 11.1 Å². The lowest BCUT2D eigenvalue weighted by molar-refractivity contribution is -0.126. The maximum absolute atomic E-state index is 12.3. The summed E-state index contributed by atoms with van der Waals surface area (Å²) in [5.41, 5.74) is 9.89. The molecular formula is C20H27N7O. The van der Waals surface area contributed by atoms with Gasteiger partial charge in [0.15, 0.2) is 5.65 Å². The summed E-state index contributed by atoms with van der Waals surface area (Å²) in [6.07, 6.45) is 9.17. The third kappa shape index (κ3) is 3.46. The Morgan fingerprint density at radius 1 is 1.21 bits per heavy atom. The van der Waals surface area contributed by atoms with E-state index >= 15 is 0 Å². The van der Waals surface area contributed by atoms with Crippen LogP contribution in [0.2, 0.25) is 0 Å². The minimum atomic E-state index is 0.0978. The highest BCUT2D eigenvalue weighted by atomic mass is 16.1. The molecule has 1 amide bonds. The lowest BCUT2D eigenvalue weighted by Gasteiger charge is -2.28. The van der Waals surface area contributed by atoms with Crippen molar-refractivity contribution in [1.29, 1.82) is 0 Å². The Kier molecular flexibility index (Phi) is 4.78. The van der Waals surface area contributed by atoms with Gasteiger partial charge in [-0.1, -0.05) is 0 Å². The highest BCUT2D eigenvalue weighted by Crippen LogP contribution is 2.36. The number of hydrogen-bond acceptors (Lipinski definition) is 5. The molecule has 4 rings (SSSR count). The molecular weight excluding hydrogens is 354 g/mol. The van der Waals surface area contributed by atoms with Crippen LogP contribution in [0, 0.1) is 5.92 Å². The summed E-state index contributed by atoms with van der Waals surface area (Å²) in [4.78, 5) is 17.2. The van der Waals surface area contributed by atoms with Crippen LogP contribution in [-0.2, 0) is 11.8 Å². The maximum Gasteiger partial charge on any atom is 0.223 e. The number of nitrogens with two attached hydrogens (primary N) is 1. The van der Waals surface area contributed by atoms with Crippen LogP contribution in [0.15, 0.2) is 24.7 Å². The molecule has 1 aliphatic carbocycles. The molecule has 0 spiro atoms. The average Bonchev–Trinajstić information content (AvgIpc) is 3.27. The van der Waals surface area contributed by atoms with Crippen LogP contribution in [-0.4, -0.2) is 36.3 Å². The van der Waals surface area contributed by atoms with Gasteiger partial charge in [-0.2, -0.15) is 14.7 Å². The van der Waals surface area contributed by atoms with E-state index in [0.717, 1.165) is 48.2 Å². The lowest BCUT2D eigenvalue weighted by Crippen LogP contribution is -2.37. The molecule has 1 aliphatic rings. The van der Waals surface area contributed by atoms with Crippen LogP contribution >= 0.6 is 0 Å². The standard InChI is InChI=1S/C20H27N7O/c1-12(2)24-20(28)14-6-4-13(5-7-14)17-8-18(21)27-19(25-17)16(10-23-27)15-9-22-26(3)11-15/h8-14H,4-7,21H2,1-3H3,(H,24,28). The van der Waals surface area contributed by atoms with Gasteiger partial charge in [0.25, 0.3) is 0 Å². The number of nitrogens with zero attached hydrogens (tertiary/aromatic N) is 5. The molecule has 0 radical (unpaired) electrons. The van der Waals surface area contributed by atoms with Crippen molar-refractivity contribution >= 4 is 17.4 Å². The molecule has 0 bridgehead atoms. The number of carbonyl (C=O) groups is 1. The van der Waals surface area contributed by atoms with Gasteiger partial charge in [0.05, 0.1) is 12.4 Å². The summed E-state index contributed by atoms with van der Waals surface area (Å²) in [5, 5.41) is 11.7. The number of nitrogen functional groups attached to an aromatic ring is 1. The summed E-state index contributed by atoms with van der Waals surface area (Å²) in [6.45, 7) is 3.99. The van der Waals surface area contributed by atoms with Crippen molar-refractivity contribution in [2.75, 3.05) is 5.73 Å². The molecule has 1 saturated carbocycles. The van der Waals surface area contributed by atoms with Crippen molar-refractivity contribution in [2.45, 2.75) is 51.5 Å². The first kappa shape index (κ1) is 18.5. The van der Waals surface area contributed by atoms with E-state index in [4.69, 9.17) is 10.7 Å². The minimum absolute atomic E-state index is 0.0978. The molecule has 0 saturated heterocycles. The van der Waals surface area contributed by atoms with Crippen molar-refractivity contribution < 1.29 is 4.79 Å². The topological polar surface area (TPSA) is 103 Å². The Morgan fingerprint density at radius 2 is 1.96 bits per heavy atom. The molecule has 0 aliphatic heterocycles. The summed E-state index contributed by atoms with van der Waals surface area (Å²) >= 11 is 0. The largest absolute Gasteiger partial charge is 0.384 e. The smallest absolute Gasteiger partial charge is 0.223 e. The van der Waals surface area contributed by atoms with E-state index in [2.05, 4.69) is 15.5 Å². The van der Waals surface area contributed by atoms with Crippen LogP contribution in [0.3, 0.4) is 0 Å². The fourth-order valence-corrected chi connectivity index (χ4v) is 4.03. The molecule has 3 N–H and O–H groups in total. The lowest BCUT2D eigenvalue weighted by atomic mass is 9.80. The summed E-state index contributed by atoms with van der Waals surface area (Å²) < 4.78 is 3.43. The van der Waals surface area contributed by atoms with Crippen LogP contribution in [0.5, 0.6) is 0 Å². The van der Waals surface area contributed by atoms with E-state index in [0.29, 0.717) is 11.7 Å². The minimum Gasteiger partial charge on any atom is -0.384 e. The van der Waals surface area contributed by atoms with E-state index in [1.54, 1.807) is 21.6 Å². The van der Waals surface area contributed by atoms with Crippen LogP contribution in [0.4, 0.5) is 5.82 Å². The molecule has 28 heavy (non-hydrogen) atoms. The van der Waals surface area contributed by atoms with Gasteiger partial charge in [-0.05, 0) is 39.5 Å². The molecule has 0 unspecified atom stereocenters. The third-order valence-corrected chi connectivity index (χ3v) is 5.48. The normalized spacial score (nSPS) is 20.0. The predicted molar refractivity (Wildman–Crippen MR) is 108 cm³/mol. The first-order valence-corrected chi connectivity index (χ1v) is 9.86. The number of aromatic nitrogens is 5. The third-order valence-electron chi connectivity index (χ3n) is 5.48. The van der Waals surface area contributed by atoms with Crippen molar-refractivity contribution in [2.24, 2.45) is 13.0 Å². The van der Waals surface area contributed by atoms with Gasteiger partial charge >= 0.3 is 0 Å². The van der Waals surface area contributed by atoms with Gasteiger partial charge in [-0.15, -0.1) is 0 Å². The van der Waals surface area contributed by atoms with E-state index < -0.39 is 0 Å². The molecule has 1 fully saturated rings. The van der Waals surface area contributed by atoms with Crippen LogP contribution in [0.1, 0.15) is 51.1 Å². The summed E-state index contributed by atoms with van der Waals surface area (Å²) in [7, 11) is 1.89. The SMILES string of the molecule is CC(C)NC(=O)C1CCC(c2cc(N)n3ncc(-c4cnn(C)c4)c3n2)CC1. The molecule has 3 aromatic heterocycles. The van der Waals surface area contributed by atoms with E-state index in [1.807, 2.05) is 33.2 Å². The molecule has 148 valence electrons. The van der Waals surface area contributed by atoms with Crippen LogP contribution in [0.25, 0.3) is 16.8 Å². The summed E-state index contributed by atoms with van der Waals surface area (Å²) in [6, 6.07) is 2.11. The van der Waals surface area contributed by atoms with E-state index in [1.165, 1.54) is 0 Å². The number of fused-ring (bicyclic) bond motifs is 1. The second-order valence-electron chi connectivity index (χ2n) is 8.01. The van der Waals surface area contributed by atoms with Crippen molar-refractivity contribution in [3.63, 3.8) is 0 Å². The molecule has 0 aromatic carbocycles. The first-order valence-electron chi connectivity index (χ1n) is 9.86. The second-order valence-corrected chi connectivity index (χ2v) is 8.01. The maximum atomic E-state index is 12.3. The number of hydrogen-bond donors (Lipinski definition) is 2. The van der Waals surface area contributed by atoms with Gasteiger partial charge in [0, 0.05) is 54.0 Å². The zero-order chi connectivity index (χ0) is 19.8. The van der Waals surface area contributed by atoms with E-state index in [9.17, 15) is 4.79 Å². The number of rotatable bonds is 4. The predicted octanol–water partition coefficient (Wildman–Crippen LogP) is 2.51. The van der Waals surface area contributed by atoms with Crippen molar-refractivity contribution in [3.8, 4) is 11.1 Å². The van der Waals surface area contributed by atoms with E-state index in [-0.39, 0.29) is 17.9 Å². The zero-order valence-electron chi connectivity index (χ0n) is 16.6. The highest BCUT2D eigenvalue weighted by Gasteiger charge is 2.28. The molecule has 3 aromatic rings. The Balaban J connectivity index is 1.57. The van der Waals surface area contributed by atoms with Crippen molar-refractivity contribution in [3.05, 3.63) is 30.4 Å². The first-order chi connectivity index (χ1) is 13.4. The number of aryl methyl sites for hydroxylation is 1. The Bertz CT molecular complexity index is 995. The number of anilines is 1. The molecule has 3 heterocycles. The highest BCUT2D eigenvalue weighted by molar-refractivity contribution is 5.79. The molecule has 8 heteroatoms. The van der Waals surface area contributed by atoms with Crippen molar-refractivity contribution in [1.82, 2.24) is 29.7 Å².